The zero-order chi connectivity index (χ0) is 22.6. The van der Waals surface area contributed by atoms with E-state index < -0.39 is 0 Å². The third kappa shape index (κ3) is 3.58. The molecule has 4 aliphatic carbocycles. The zero-order valence-electron chi connectivity index (χ0n) is 19.6. The van der Waals surface area contributed by atoms with Crippen LogP contribution in [0.5, 0.6) is 0 Å². The smallest absolute Gasteiger partial charge is 0.309 e. The zero-order valence-corrected chi connectivity index (χ0v) is 19.6. The van der Waals surface area contributed by atoms with Crippen LogP contribution in [0.3, 0.4) is 0 Å². The van der Waals surface area contributed by atoms with Crippen molar-refractivity contribution in [3.63, 3.8) is 0 Å². The Morgan fingerprint density at radius 1 is 0.839 bits per heavy atom. The van der Waals surface area contributed by atoms with Crippen LogP contribution in [-0.4, -0.2) is 37.2 Å². The van der Waals surface area contributed by atoms with Gasteiger partial charge in [-0.2, -0.15) is 0 Å². The van der Waals surface area contributed by atoms with Gasteiger partial charge in [0.2, 0.25) is 0 Å². The second-order valence-corrected chi connectivity index (χ2v) is 11.0. The summed E-state index contributed by atoms with van der Waals surface area (Å²) >= 11 is 0. The summed E-state index contributed by atoms with van der Waals surface area (Å²) in [7, 11) is 1.46. The van der Waals surface area contributed by atoms with E-state index in [1.165, 1.54) is 21.0 Å². The standard InChI is InChI=1S/C25H38O6/c1-14(26)30-17-10-11-24(3)16(12-17)6-7-18-19-8-9-20(23(28)29-5)25(19,4)22(13-21(18)24)31-15(2)27/h16-22H,6-13H2,1-5H3/t16-,17-,18-,19-,20+,21-,22+,24-,25-/m0/s1. The molecule has 6 nitrogen and oxygen atoms in total. The van der Waals surface area contributed by atoms with Crippen LogP contribution in [0, 0.1) is 40.4 Å². The summed E-state index contributed by atoms with van der Waals surface area (Å²) in [6.07, 6.45) is 7.54. The molecule has 0 aliphatic heterocycles. The van der Waals surface area contributed by atoms with Gasteiger partial charge in [0.1, 0.15) is 12.2 Å². The van der Waals surface area contributed by atoms with Crippen molar-refractivity contribution in [1.29, 1.82) is 0 Å². The number of esters is 3. The van der Waals surface area contributed by atoms with Gasteiger partial charge in [-0.05, 0) is 80.5 Å². The van der Waals surface area contributed by atoms with Gasteiger partial charge in [-0.1, -0.05) is 13.8 Å². The van der Waals surface area contributed by atoms with Gasteiger partial charge in [-0.25, -0.2) is 0 Å². The number of methoxy groups -OCH3 is 1. The highest BCUT2D eigenvalue weighted by atomic mass is 16.5. The van der Waals surface area contributed by atoms with Crippen molar-refractivity contribution in [2.45, 2.75) is 91.3 Å². The summed E-state index contributed by atoms with van der Waals surface area (Å²) < 4.78 is 16.7. The number of ether oxygens (including phenoxy) is 3. The number of carbonyl (C=O) groups is 3. The first-order chi connectivity index (χ1) is 14.6. The monoisotopic (exact) mass is 434 g/mol. The second-order valence-electron chi connectivity index (χ2n) is 11.0. The number of carbonyl (C=O) groups excluding carboxylic acids is 3. The Bertz CT molecular complexity index is 748. The van der Waals surface area contributed by atoms with Crippen molar-refractivity contribution in [2.75, 3.05) is 7.11 Å². The van der Waals surface area contributed by atoms with Crippen LogP contribution >= 0.6 is 0 Å². The fourth-order valence-electron chi connectivity index (χ4n) is 8.41. The van der Waals surface area contributed by atoms with E-state index in [1.54, 1.807) is 0 Å². The normalized spacial score (nSPS) is 46.2. The van der Waals surface area contributed by atoms with Gasteiger partial charge in [-0.15, -0.1) is 0 Å². The average Bonchev–Trinajstić information content (AvgIpc) is 3.06. The van der Waals surface area contributed by atoms with Crippen LogP contribution in [0.2, 0.25) is 0 Å². The van der Waals surface area contributed by atoms with E-state index in [-0.39, 0.29) is 46.9 Å². The van der Waals surface area contributed by atoms with Crippen molar-refractivity contribution in [3.8, 4) is 0 Å². The fourth-order valence-corrected chi connectivity index (χ4v) is 8.41. The lowest BCUT2D eigenvalue weighted by atomic mass is 9.44. The Morgan fingerprint density at radius 3 is 2.19 bits per heavy atom. The van der Waals surface area contributed by atoms with Crippen LogP contribution in [-0.2, 0) is 28.6 Å². The summed E-state index contributed by atoms with van der Waals surface area (Å²) in [4.78, 5) is 36.2. The van der Waals surface area contributed by atoms with Gasteiger partial charge >= 0.3 is 17.9 Å². The molecule has 0 spiro atoms. The molecule has 0 N–H and O–H groups in total. The maximum absolute atomic E-state index is 12.7. The lowest BCUT2D eigenvalue weighted by Gasteiger charge is -2.62. The highest BCUT2D eigenvalue weighted by Gasteiger charge is 2.66. The molecular formula is C25H38O6. The first-order valence-corrected chi connectivity index (χ1v) is 12.0. The second kappa shape index (κ2) is 8.08. The maximum Gasteiger partial charge on any atom is 0.309 e. The molecule has 0 aromatic heterocycles. The third-order valence-corrected chi connectivity index (χ3v) is 9.82. The minimum atomic E-state index is -0.363. The van der Waals surface area contributed by atoms with E-state index in [9.17, 15) is 14.4 Å². The summed E-state index contributed by atoms with van der Waals surface area (Å²) in [5, 5.41) is 0. The molecule has 174 valence electrons. The molecule has 0 aromatic carbocycles. The molecule has 0 bridgehead atoms. The van der Waals surface area contributed by atoms with Crippen LogP contribution in [0.4, 0.5) is 0 Å². The van der Waals surface area contributed by atoms with Gasteiger partial charge < -0.3 is 14.2 Å². The molecule has 0 saturated heterocycles. The molecule has 0 heterocycles. The molecular weight excluding hydrogens is 396 g/mol. The van der Waals surface area contributed by atoms with Crippen LogP contribution in [0.15, 0.2) is 0 Å². The van der Waals surface area contributed by atoms with Crippen molar-refractivity contribution in [3.05, 3.63) is 0 Å². The Hall–Kier alpha value is -1.59. The van der Waals surface area contributed by atoms with Crippen molar-refractivity contribution in [1.82, 2.24) is 0 Å². The molecule has 6 heteroatoms. The first kappa shape index (κ1) is 22.6. The highest BCUT2D eigenvalue weighted by Crippen LogP contribution is 2.68. The van der Waals surface area contributed by atoms with Crippen molar-refractivity contribution >= 4 is 17.9 Å². The molecule has 4 fully saturated rings. The Kier molecular flexibility index (Phi) is 5.89. The van der Waals surface area contributed by atoms with E-state index in [2.05, 4.69) is 13.8 Å². The summed E-state index contributed by atoms with van der Waals surface area (Å²) in [6.45, 7) is 7.55. The summed E-state index contributed by atoms with van der Waals surface area (Å²) in [6, 6.07) is 0. The lowest BCUT2D eigenvalue weighted by Crippen LogP contribution is -2.60. The Labute approximate surface area is 185 Å². The van der Waals surface area contributed by atoms with Crippen LogP contribution < -0.4 is 0 Å². The Balaban J connectivity index is 1.64. The third-order valence-electron chi connectivity index (χ3n) is 9.82. The number of rotatable bonds is 3. The summed E-state index contributed by atoms with van der Waals surface area (Å²) in [5.74, 6) is 1.05. The number of hydrogen-bond donors (Lipinski definition) is 0. The molecule has 9 atom stereocenters. The Morgan fingerprint density at radius 2 is 1.55 bits per heavy atom. The number of fused-ring (bicyclic) bond motifs is 5. The van der Waals surface area contributed by atoms with E-state index in [4.69, 9.17) is 14.2 Å². The molecule has 4 saturated carbocycles. The molecule has 4 rings (SSSR count). The minimum absolute atomic E-state index is 0.0282. The van der Waals surface area contributed by atoms with Gasteiger partial charge in [0.05, 0.1) is 13.0 Å². The minimum Gasteiger partial charge on any atom is -0.469 e. The molecule has 0 radical (unpaired) electrons. The molecule has 0 aromatic rings. The SMILES string of the molecule is COC(=O)[C@H]1CC[C@H]2[C@@H]3CC[C@H]4C[C@@H](OC(C)=O)CC[C@]4(C)[C@H]3C[C@@H](OC(C)=O)[C@]12C. The summed E-state index contributed by atoms with van der Waals surface area (Å²) in [5.41, 5.74) is -0.208. The molecule has 0 amide bonds. The predicted molar refractivity (Wildman–Crippen MR) is 114 cm³/mol. The van der Waals surface area contributed by atoms with E-state index in [1.807, 2.05) is 0 Å². The van der Waals surface area contributed by atoms with Crippen LogP contribution in [0.25, 0.3) is 0 Å². The van der Waals surface area contributed by atoms with E-state index in [0.29, 0.717) is 23.7 Å². The van der Waals surface area contributed by atoms with Gasteiger partial charge in [0.25, 0.3) is 0 Å². The van der Waals surface area contributed by atoms with Crippen LogP contribution in [0.1, 0.15) is 79.1 Å². The highest BCUT2D eigenvalue weighted by molar-refractivity contribution is 5.74. The van der Waals surface area contributed by atoms with Gasteiger partial charge in [0.15, 0.2) is 0 Å². The topological polar surface area (TPSA) is 78.9 Å². The molecule has 4 aliphatic rings. The maximum atomic E-state index is 12.7. The lowest BCUT2D eigenvalue weighted by molar-refractivity contribution is -0.199. The predicted octanol–water partition coefficient (Wildman–Crippen LogP) is 4.29. The molecule has 0 unspecified atom stereocenters. The molecule has 31 heavy (non-hydrogen) atoms. The van der Waals surface area contributed by atoms with E-state index >= 15 is 0 Å². The fraction of sp³-hybridized carbons (Fsp3) is 0.880. The van der Waals surface area contributed by atoms with Crippen molar-refractivity contribution in [2.24, 2.45) is 40.4 Å². The largest absolute Gasteiger partial charge is 0.469 e. The average molecular weight is 435 g/mol. The number of hydrogen-bond acceptors (Lipinski definition) is 6. The van der Waals surface area contributed by atoms with Gasteiger partial charge in [-0.3, -0.25) is 14.4 Å². The quantitative estimate of drug-likeness (QED) is 0.487. The first-order valence-electron chi connectivity index (χ1n) is 12.0. The van der Waals surface area contributed by atoms with Crippen molar-refractivity contribution < 1.29 is 28.6 Å². The van der Waals surface area contributed by atoms with Gasteiger partial charge in [0, 0.05) is 19.3 Å². The van der Waals surface area contributed by atoms with E-state index in [0.717, 1.165) is 51.4 Å².